The van der Waals surface area contributed by atoms with Crippen molar-refractivity contribution in [3.05, 3.63) is 50.9 Å². The normalized spacial score (nSPS) is 13.1. The first-order valence-electron chi connectivity index (χ1n) is 12.8. The summed E-state index contributed by atoms with van der Waals surface area (Å²) in [5.74, 6) is 0.761. The number of ketones is 1. The largest absolute Gasteiger partial charge is 0.395 e. The number of aryl methyl sites for hydroxylation is 1. The summed E-state index contributed by atoms with van der Waals surface area (Å²) in [4.78, 5) is 42.8. The molecule has 2 aromatic heterocycles. The number of carbonyl (C=O) groups is 1. The monoisotopic (exact) mass is 604 g/mol. The number of hydrogen-bond acceptors (Lipinski definition) is 12. The van der Waals surface area contributed by atoms with Crippen LogP contribution >= 0.6 is 11.8 Å². The zero-order valence-electron chi connectivity index (χ0n) is 24.4. The number of nitrogens with one attached hydrogen (secondary N) is 3. The molecule has 15 heteroatoms. The molecule has 0 aliphatic carbocycles. The predicted octanol–water partition coefficient (Wildman–Crippen LogP) is 3.02. The third-order valence-corrected chi connectivity index (χ3v) is 7.45. The van der Waals surface area contributed by atoms with Crippen LogP contribution in [0.2, 0.25) is 0 Å². The molecule has 3 aromatic rings. The number of aromatic nitrogens is 5. The molecule has 41 heavy (non-hydrogen) atoms. The van der Waals surface area contributed by atoms with Crippen LogP contribution in [0.1, 0.15) is 61.2 Å². The molecule has 1 aliphatic heterocycles. The van der Waals surface area contributed by atoms with Crippen LogP contribution in [0.5, 0.6) is 0 Å². The molecule has 0 radical (unpaired) electrons. The van der Waals surface area contributed by atoms with Crippen molar-refractivity contribution >= 4 is 45.0 Å². The molecule has 3 heterocycles. The third-order valence-electron chi connectivity index (χ3n) is 5.77. The number of hydrogen-bond donors (Lipinski definition) is 3. The molecule has 0 saturated heterocycles. The Morgan fingerprint density at radius 2 is 1.85 bits per heavy atom. The van der Waals surface area contributed by atoms with Gasteiger partial charge in [-0.15, -0.1) is 0 Å². The molecule has 0 bridgehead atoms. The number of anilines is 2. The minimum atomic E-state index is -3.52. The number of aromatic amines is 1. The third kappa shape index (κ3) is 7.94. The van der Waals surface area contributed by atoms with E-state index < -0.39 is 21.2 Å². The lowest BCUT2D eigenvalue weighted by Crippen LogP contribution is -2.27. The standard InChI is InChI=1S/C16H17N3O5S.C10H19N5S/c1-9-10(15(20)11-8-17-19(2)16(11)21)4-5-13(25(3,22)23)14(9)12-6-7-24-18-12;1-6-11-7-12-8(15-10(2,3)4)14-9(13-7)16-5/h4-5,8,17H,6-7H2,1-3H3;6H2,1-5H3,(H2,11,12,13,14,15). The van der Waals surface area contributed by atoms with Gasteiger partial charge in [0.25, 0.3) is 5.56 Å². The lowest BCUT2D eigenvalue weighted by molar-refractivity contribution is 0.103. The highest BCUT2D eigenvalue weighted by atomic mass is 32.2. The SMILES string of the molecule is CCNc1nc(NC(C)(C)C)nc(SC)n1.Cc1c(C(=O)c2c[nH]n(C)c2=O)ccc(S(C)(=O)=O)c1C1=NOCC1. The molecule has 222 valence electrons. The molecule has 1 aromatic carbocycles. The van der Waals surface area contributed by atoms with Gasteiger partial charge in [0.2, 0.25) is 11.9 Å². The summed E-state index contributed by atoms with van der Waals surface area (Å²) in [6.07, 6.45) is 4.84. The van der Waals surface area contributed by atoms with Gasteiger partial charge in [-0.25, -0.2) is 8.42 Å². The van der Waals surface area contributed by atoms with Crippen LogP contribution in [0, 0.1) is 6.92 Å². The Hall–Kier alpha value is -3.72. The van der Waals surface area contributed by atoms with Crippen molar-refractivity contribution in [2.45, 2.75) is 56.6 Å². The lowest BCUT2D eigenvalue weighted by Gasteiger charge is -2.20. The highest BCUT2D eigenvalue weighted by molar-refractivity contribution is 7.98. The summed E-state index contributed by atoms with van der Waals surface area (Å²) in [5, 5.41) is 13.6. The molecule has 0 atom stereocenters. The number of rotatable bonds is 8. The lowest BCUT2D eigenvalue weighted by atomic mass is 9.93. The van der Waals surface area contributed by atoms with Gasteiger partial charge in [-0.1, -0.05) is 16.9 Å². The van der Waals surface area contributed by atoms with Gasteiger partial charge in [0.1, 0.15) is 12.2 Å². The first-order valence-corrected chi connectivity index (χ1v) is 15.9. The van der Waals surface area contributed by atoms with Gasteiger partial charge in [-0.3, -0.25) is 14.3 Å². The van der Waals surface area contributed by atoms with Crippen molar-refractivity contribution in [1.29, 1.82) is 0 Å². The number of H-pyrrole nitrogens is 1. The average molecular weight is 605 g/mol. The maximum Gasteiger partial charge on any atom is 0.277 e. The van der Waals surface area contributed by atoms with Crippen LogP contribution in [0.3, 0.4) is 0 Å². The summed E-state index contributed by atoms with van der Waals surface area (Å²) in [6.45, 7) is 11.0. The summed E-state index contributed by atoms with van der Waals surface area (Å²) >= 11 is 1.51. The van der Waals surface area contributed by atoms with Gasteiger partial charge in [0, 0.05) is 49.1 Å². The van der Waals surface area contributed by atoms with E-state index in [1.807, 2.05) is 13.2 Å². The summed E-state index contributed by atoms with van der Waals surface area (Å²) in [5.41, 5.74) is 1.07. The Morgan fingerprint density at radius 1 is 1.17 bits per heavy atom. The number of sulfone groups is 1. The molecule has 3 N–H and O–H groups in total. The van der Waals surface area contributed by atoms with Crippen molar-refractivity contribution in [3.8, 4) is 0 Å². The maximum atomic E-state index is 12.8. The van der Waals surface area contributed by atoms with E-state index in [2.05, 4.69) is 56.6 Å². The van der Waals surface area contributed by atoms with E-state index in [0.717, 1.165) is 18.0 Å². The smallest absolute Gasteiger partial charge is 0.277 e. The van der Waals surface area contributed by atoms with E-state index in [1.165, 1.54) is 41.8 Å². The van der Waals surface area contributed by atoms with Crippen LogP contribution in [-0.2, 0) is 21.7 Å². The van der Waals surface area contributed by atoms with Gasteiger partial charge >= 0.3 is 0 Å². The van der Waals surface area contributed by atoms with E-state index in [4.69, 9.17) is 4.84 Å². The zero-order chi connectivity index (χ0) is 30.5. The minimum Gasteiger partial charge on any atom is -0.395 e. The second-order valence-corrected chi connectivity index (χ2v) is 13.0. The summed E-state index contributed by atoms with van der Waals surface area (Å²) in [6, 6.07) is 2.81. The second-order valence-electron chi connectivity index (χ2n) is 10.3. The fraction of sp³-hybridized carbons (Fsp3) is 0.462. The van der Waals surface area contributed by atoms with Crippen molar-refractivity contribution in [3.63, 3.8) is 0 Å². The molecule has 0 spiro atoms. The highest BCUT2D eigenvalue weighted by Gasteiger charge is 2.27. The van der Waals surface area contributed by atoms with Crippen LogP contribution in [-0.4, -0.2) is 75.8 Å². The fourth-order valence-corrected chi connectivity index (χ4v) is 5.24. The van der Waals surface area contributed by atoms with Gasteiger partial charge in [-0.05, 0) is 58.6 Å². The van der Waals surface area contributed by atoms with E-state index in [-0.39, 0.29) is 21.6 Å². The summed E-state index contributed by atoms with van der Waals surface area (Å²) in [7, 11) is -2.02. The number of thioether (sulfide) groups is 1. The zero-order valence-corrected chi connectivity index (χ0v) is 26.1. The number of benzene rings is 1. The Bertz CT molecular complexity index is 1620. The first kappa shape index (κ1) is 31.8. The Kier molecular flexibility index (Phi) is 9.97. The number of nitrogens with zero attached hydrogens (tertiary/aromatic N) is 5. The summed E-state index contributed by atoms with van der Waals surface area (Å²) < 4.78 is 25.5. The average Bonchev–Trinajstić information content (AvgIpc) is 3.52. The molecular weight excluding hydrogens is 568 g/mol. The van der Waals surface area contributed by atoms with Crippen LogP contribution in [0.4, 0.5) is 11.9 Å². The Morgan fingerprint density at radius 3 is 2.37 bits per heavy atom. The van der Waals surface area contributed by atoms with Crippen molar-refractivity contribution in [1.82, 2.24) is 24.7 Å². The first-order chi connectivity index (χ1) is 19.2. The molecule has 13 nitrogen and oxygen atoms in total. The van der Waals surface area contributed by atoms with E-state index in [1.54, 1.807) is 6.92 Å². The molecular formula is C26H36N8O5S2. The number of carbonyl (C=O) groups excluding carboxylic acids is 1. The Balaban J connectivity index is 0.000000250. The Labute approximate surface area is 243 Å². The quantitative estimate of drug-likeness (QED) is 0.255. The molecule has 0 saturated carbocycles. The van der Waals surface area contributed by atoms with Crippen LogP contribution < -0.4 is 16.2 Å². The molecule has 0 amide bonds. The molecule has 4 rings (SSSR count). The van der Waals surface area contributed by atoms with Crippen LogP contribution in [0.25, 0.3) is 0 Å². The fourth-order valence-electron chi connectivity index (χ4n) is 3.93. The van der Waals surface area contributed by atoms with Crippen molar-refractivity contribution < 1.29 is 18.0 Å². The predicted molar refractivity (Wildman–Crippen MR) is 160 cm³/mol. The van der Waals surface area contributed by atoms with Crippen molar-refractivity contribution in [2.24, 2.45) is 12.2 Å². The number of oxime groups is 1. The van der Waals surface area contributed by atoms with E-state index in [0.29, 0.717) is 41.8 Å². The highest BCUT2D eigenvalue weighted by Crippen LogP contribution is 2.27. The van der Waals surface area contributed by atoms with Gasteiger partial charge in [0.15, 0.2) is 20.8 Å². The van der Waals surface area contributed by atoms with Gasteiger partial charge < -0.3 is 20.6 Å². The topological polar surface area (TPSA) is 173 Å². The van der Waals surface area contributed by atoms with Crippen LogP contribution in [0.15, 0.2) is 38.3 Å². The molecule has 0 unspecified atom stereocenters. The van der Waals surface area contributed by atoms with Gasteiger partial charge in [-0.2, -0.15) is 15.0 Å². The minimum absolute atomic E-state index is 0.00623. The molecule has 1 aliphatic rings. The van der Waals surface area contributed by atoms with Crippen molar-refractivity contribution in [2.75, 3.05) is 36.3 Å². The van der Waals surface area contributed by atoms with Gasteiger partial charge in [0.05, 0.1) is 10.6 Å². The second kappa shape index (κ2) is 12.9. The van der Waals surface area contributed by atoms with E-state index >= 15 is 0 Å². The molecule has 0 fully saturated rings. The van der Waals surface area contributed by atoms with E-state index in [9.17, 15) is 18.0 Å². The maximum absolute atomic E-state index is 12.8.